The lowest BCUT2D eigenvalue weighted by molar-refractivity contribution is 1.28. The summed E-state index contributed by atoms with van der Waals surface area (Å²) in [5.41, 5.74) is 0. The van der Waals surface area contributed by atoms with Gasteiger partial charge in [0.2, 0.25) is 0 Å². The van der Waals surface area contributed by atoms with Crippen LogP contribution in [0.3, 0.4) is 0 Å². The van der Waals surface area contributed by atoms with Crippen LogP contribution in [0.25, 0.3) is 6.08 Å². The summed E-state index contributed by atoms with van der Waals surface area (Å²) < 4.78 is 2.94. The third kappa shape index (κ3) is 2.60. The Hall–Kier alpha value is 0.320. The summed E-state index contributed by atoms with van der Waals surface area (Å²) in [5, 5.41) is 0. The predicted octanol–water partition coefficient (Wildman–Crippen LogP) is 7.15. The molecular formula is C14H14S5. The molecule has 2 aliphatic rings. The largest absolute Gasteiger partial charge is 0.139 e. The molecule has 0 amide bonds. The summed E-state index contributed by atoms with van der Waals surface area (Å²) in [6.07, 6.45) is 4.37. The van der Waals surface area contributed by atoms with Crippen LogP contribution < -0.4 is 0 Å². The van der Waals surface area contributed by atoms with E-state index in [-0.39, 0.29) is 0 Å². The van der Waals surface area contributed by atoms with Crippen molar-refractivity contribution >= 4 is 64.5 Å². The van der Waals surface area contributed by atoms with Gasteiger partial charge in [-0.3, -0.25) is 0 Å². The number of thiophene rings is 1. The Balaban J connectivity index is 1.94. The third-order valence-corrected chi connectivity index (χ3v) is 10.1. The van der Waals surface area contributed by atoms with Gasteiger partial charge in [0.15, 0.2) is 0 Å². The topological polar surface area (TPSA) is 0 Å². The number of hydrogen-bond donors (Lipinski definition) is 0. The summed E-state index contributed by atoms with van der Waals surface area (Å²) in [7, 11) is 0. The highest BCUT2D eigenvalue weighted by Crippen LogP contribution is 2.63. The molecule has 100 valence electrons. The van der Waals surface area contributed by atoms with Crippen LogP contribution in [0.1, 0.15) is 30.5 Å². The van der Waals surface area contributed by atoms with Crippen LogP contribution in [0.2, 0.25) is 0 Å². The lowest BCUT2D eigenvalue weighted by Gasteiger charge is -2.01. The summed E-state index contributed by atoms with van der Waals surface area (Å²) in [6, 6.07) is 0. The van der Waals surface area contributed by atoms with Gasteiger partial charge in [-0.05, 0) is 43.6 Å². The van der Waals surface area contributed by atoms with E-state index in [0.717, 1.165) is 0 Å². The van der Waals surface area contributed by atoms with Gasteiger partial charge in [0.05, 0.1) is 8.47 Å². The van der Waals surface area contributed by atoms with Gasteiger partial charge in [0.25, 0.3) is 0 Å². The zero-order chi connectivity index (χ0) is 13.6. The van der Waals surface area contributed by atoms with Gasteiger partial charge in [-0.15, -0.1) is 11.3 Å². The Morgan fingerprint density at radius 3 is 2.00 bits per heavy atom. The normalized spacial score (nSPS) is 19.2. The molecule has 0 saturated carbocycles. The van der Waals surface area contributed by atoms with E-state index in [2.05, 4.69) is 39.8 Å². The van der Waals surface area contributed by atoms with E-state index in [4.69, 9.17) is 0 Å². The van der Waals surface area contributed by atoms with Gasteiger partial charge in [0, 0.05) is 19.5 Å². The Morgan fingerprint density at radius 1 is 0.789 bits per heavy atom. The minimum atomic E-state index is 1.41. The van der Waals surface area contributed by atoms with Crippen LogP contribution in [0.5, 0.6) is 0 Å². The van der Waals surface area contributed by atoms with E-state index in [1.54, 1.807) is 0 Å². The smallest absolute Gasteiger partial charge is 0.0707 e. The quantitative estimate of drug-likeness (QED) is 0.531. The van der Waals surface area contributed by atoms with Crippen molar-refractivity contribution in [2.24, 2.45) is 0 Å². The average molecular weight is 343 g/mol. The van der Waals surface area contributed by atoms with Crippen LogP contribution in [-0.2, 0) is 0 Å². The molecule has 0 unspecified atom stereocenters. The monoisotopic (exact) mass is 342 g/mol. The maximum Gasteiger partial charge on any atom is 0.0707 e. The van der Waals surface area contributed by atoms with Crippen molar-refractivity contribution in [1.29, 1.82) is 0 Å². The van der Waals surface area contributed by atoms with E-state index in [1.165, 1.54) is 37.8 Å². The molecule has 2 aliphatic heterocycles. The molecule has 19 heavy (non-hydrogen) atoms. The van der Waals surface area contributed by atoms with Gasteiger partial charge in [-0.2, -0.15) is 0 Å². The molecule has 0 spiro atoms. The summed E-state index contributed by atoms with van der Waals surface area (Å²) in [4.78, 5) is 8.72. The number of hydrogen-bond acceptors (Lipinski definition) is 5. The predicted molar refractivity (Wildman–Crippen MR) is 96.1 cm³/mol. The van der Waals surface area contributed by atoms with Crippen LogP contribution >= 0.6 is 58.4 Å². The molecule has 0 fully saturated rings. The first kappa shape index (κ1) is 14.3. The first-order chi connectivity index (χ1) is 9.10. The molecule has 0 N–H and O–H groups in total. The molecular weight excluding hydrogens is 328 g/mol. The average Bonchev–Trinajstić information content (AvgIpc) is 2.99. The fourth-order valence-corrected chi connectivity index (χ4v) is 8.77. The fourth-order valence-electron chi connectivity index (χ4n) is 1.82. The first-order valence-corrected chi connectivity index (χ1v) is 10.1. The van der Waals surface area contributed by atoms with Crippen molar-refractivity contribution in [3.05, 3.63) is 34.1 Å². The van der Waals surface area contributed by atoms with E-state index in [9.17, 15) is 0 Å². The number of fused-ring (bicyclic) bond motifs is 1. The zero-order valence-corrected chi connectivity index (χ0v) is 15.3. The van der Waals surface area contributed by atoms with E-state index in [1.807, 2.05) is 58.4 Å². The van der Waals surface area contributed by atoms with Gasteiger partial charge >= 0.3 is 0 Å². The van der Waals surface area contributed by atoms with Crippen LogP contribution in [0.15, 0.2) is 34.2 Å². The molecule has 1 aromatic heterocycles. The molecule has 0 nitrogen and oxygen atoms in total. The molecule has 0 radical (unpaired) electrons. The highest BCUT2D eigenvalue weighted by Gasteiger charge is 2.29. The standard InChI is InChI=1S/C14H14S5/c1-5-6-10-12-11(9(4)15-10)18-14(19-12)13-16-7(2)8(3)17-13/h5-6H,1-4H3/b6-5+. The van der Waals surface area contributed by atoms with E-state index >= 15 is 0 Å². The van der Waals surface area contributed by atoms with E-state index < -0.39 is 0 Å². The van der Waals surface area contributed by atoms with Crippen molar-refractivity contribution in [3.8, 4) is 0 Å². The lowest BCUT2D eigenvalue weighted by atomic mass is 10.4. The Bertz CT molecular complexity index is 615. The molecule has 0 atom stereocenters. The molecule has 5 heteroatoms. The number of thioether (sulfide) groups is 4. The van der Waals surface area contributed by atoms with Crippen LogP contribution in [0.4, 0.5) is 0 Å². The Labute approximate surface area is 135 Å². The van der Waals surface area contributed by atoms with Gasteiger partial charge in [-0.1, -0.05) is 53.1 Å². The SMILES string of the molecule is C/C=C/c1sc(C)c2c1SC(=C1SC(C)=C(C)S1)S2. The minimum absolute atomic E-state index is 1.41. The lowest BCUT2D eigenvalue weighted by Crippen LogP contribution is -1.68. The fraction of sp³-hybridized carbons (Fsp3) is 0.286. The second kappa shape index (κ2) is 5.60. The van der Waals surface area contributed by atoms with Crippen molar-refractivity contribution in [2.75, 3.05) is 0 Å². The van der Waals surface area contributed by atoms with Crippen LogP contribution in [-0.4, -0.2) is 0 Å². The molecule has 0 saturated heterocycles. The molecule has 3 heterocycles. The highest BCUT2D eigenvalue weighted by molar-refractivity contribution is 8.32. The third-order valence-electron chi connectivity index (χ3n) is 2.87. The molecule has 3 rings (SSSR count). The van der Waals surface area contributed by atoms with Gasteiger partial charge in [0.1, 0.15) is 0 Å². The number of allylic oxidation sites excluding steroid dienone is 3. The summed E-state index contributed by atoms with van der Waals surface area (Å²) in [6.45, 7) is 8.77. The second-order valence-corrected chi connectivity index (χ2v) is 10.5. The Kier molecular flexibility index (Phi) is 4.21. The highest BCUT2D eigenvalue weighted by atomic mass is 32.2. The van der Waals surface area contributed by atoms with Gasteiger partial charge < -0.3 is 0 Å². The number of aryl methyl sites for hydroxylation is 1. The molecule has 0 aromatic carbocycles. The maximum atomic E-state index is 2.24. The zero-order valence-electron chi connectivity index (χ0n) is 11.2. The van der Waals surface area contributed by atoms with Gasteiger partial charge in [-0.25, -0.2) is 0 Å². The van der Waals surface area contributed by atoms with Crippen molar-refractivity contribution < 1.29 is 0 Å². The number of rotatable bonds is 1. The second-order valence-electron chi connectivity index (χ2n) is 4.28. The first-order valence-electron chi connectivity index (χ1n) is 5.99. The molecule has 0 bridgehead atoms. The maximum absolute atomic E-state index is 2.24. The Morgan fingerprint density at radius 2 is 1.37 bits per heavy atom. The van der Waals surface area contributed by atoms with Crippen LogP contribution in [0, 0.1) is 6.92 Å². The summed E-state index contributed by atoms with van der Waals surface area (Å²) >= 11 is 9.70. The van der Waals surface area contributed by atoms with E-state index in [0.29, 0.717) is 0 Å². The van der Waals surface area contributed by atoms with Crippen molar-refractivity contribution in [1.82, 2.24) is 0 Å². The molecule has 1 aromatic rings. The van der Waals surface area contributed by atoms with Crippen molar-refractivity contribution in [2.45, 2.75) is 37.5 Å². The minimum Gasteiger partial charge on any atom is -0.139 e. The molecule has 0 aliphatic carbocycles. The summed E-state index contributed by atoms with van der Waals surface area (Å²) in [5.74, 6) is 0. The van der Waals surface area contributed by atoms with Crippen molar-refractivity contribution in [3.63, 3.8) is 0 Å².